The average Bonchev–Trinajstić information content (AvgIpc) is 3.54. The van der Waals surface area contributed by atoms with Crippen molar-refractivity contribution >= 4 is 0 Å². The number of fused-ring (bicyclic) bond motifs is 6. The lowest BCUT2D eigenvalue weighted by molar-refractivity contribution is 0.360. The van der Waals surface area contributed by atoms with E-state index >= 15 is 0 Å². The average molecular weight is 760 g/mol. The molecule has 0 saturated carbocycles. The Morgan fingerprint density at radius 3 is 1.37 bits per heavy atom. The minimum Gasteiger partial charge on any atom is -0.449 e. The van der Waals surface area contributed by atoms with Gasteiger partial charge in [-0.3, -0.25) is 0 Å². The second-order valence-corrected chi connectivity index (χ2v) is 15.6. The van der Waals surface area contributed by atoms with Crippen molar-refractivity contribution in [2.75, 3.05) is 0 Å². The molecule has 0 amide bonds. The smallest absolute Gasteiger partial charge is 0.178 e. The minimum atomic E-state index is -0.142. The Balaban J connectivity index is 0.992. The van der Waals surface area contributed by atoms with E-state index in [9.17, 15) is 0 Å². The SMILES string of the molecule is CC1(C)c2ccccc2-c2c1ccc1c2Oc2cc(-c3cccc(-c4nc(-c5cccc(-c6ccccc6)c5)nc(-c5cccc(-c6ccccc6)c5)n4)c3)ccc2O1. The van der Waals surface area contributed by atoms with Crippen molar-refractivity contribution in [2.24, 2.45) is 0 Å². The van der Waals surface area contributed by atoms with Gasteiger partial charge in [0.1, 0.15) is 0 Å². The molecule has 0 bridgehead atoms. The van der Waals surface area contributed by atoms with E-state index in [1.807, 2.05) is 24.3 Å². The fourth-order valence-corrected chi connectivity index (χ4v) is 8.54. The van der Waals surface area contributed by atoms with E-state index in [1.165, 1.54) is 16.7 Å². The zero-order valence-corrected chi connectivity index (χ0v) is 32.6. The maximum atomic E-state index is 6.80. The van der Waals surface area contributed by atoms with E-state index in [4.69, 9.17) is 24.4 Å². The molecule has 2 aliphatic rings. The van der Waals surface area contributed by atoms with Gasteiger partial charge in [-0.05, 0) is 86.5 Å². The van der Waals surface area contributed by atoms with Crippen molar-refractivity contribution in [2.45, 2.75) is 19.3 Å². The summed E-state index contributed by atoms with van der Waals surface area (Å²) in [6.07, 6.45) is 0. The third-order valence-electron chi connectivity index (χ3n) is 11.6. The van der Waals surface area contributed by atoms with Gasteiger partial charge in [0.15, 0.2) is 40.5 Å². The molecule has 59 heavy (non-hydrogen) atoms. The number of hydrogen-bond acceptors (Lipinski definition) is 5. The highest BCUT2D eigenvalue weighted by atomic mass is 16.6. The van der Waals surface area contributed by atoms with Gasteiger partial charge in [-0.15, -0.1) is 0 Å². The molecule has 2 heterocycles. The maximum absolute atomic E-state index is 6.80. The van der Waals surface area contributed by atoms with Gasteiger partial charge in [0, 0.05) is 27.7 Å². The zero-order valence-electron chi connectivity index (χ0n) is 32.6. The first-order chi connectivity index (χ1) is 29.0. The molecule has 5 nitrogen and oxygen atoms in total. The van der Waals surface area contributed by atoms with Gasteiger partial charge in [-0.2, -0.15) is 0 Å². The summed E-state index contributed by atoms with van der Waals surface area (Å²) in [5, 5.41) is 0. The van der Waals surface area contributed by atoms with Crippen LogP contribution in [0.3, 0.4) is 0 Å². The molecule has 5 heteroatoms. The number of ether oxygens (including phenoxy) is 2. The highest BCUT2D eigenvalue weighted by molar-refractivity contribution is 5.88. The second-order valence-electron chi connectivity index (χ2n) is 15.6. The van der Waals surface area contributed by atoms with E-state index in [1.54, 1.807) is 0 Å². The van der Waals surface area contributed by atoms with Gasteiger partial charge in [0.25, 0.3) is 0 Å². The van der Waals surface area contributed by atoms with Crippen LogP contribution in [0.4, 0.5) is 0 Å². The largest absolute Gasteiger partial charge is 0.449 e. The third-order valence-corrected chi connectivity index (χ3v) is 11.6. The van der Waals surface area contributed by atoms with Crippen LogP contribution in [-0.4, -0.2) is 15.0 Å². The lowest BCUT2D eigenvalue weighted by atomic mass is 9.82. The van der Waals surface area contributed by atoms with Crippen molar-refractivity contribution in [3.8, 4) is 102 Å². The van der Waals surface area contributed by atoms with E-state index in [2.05, 4.69) is 178 Å². The number of aromatic nitrogens is 3. The van der Waals surface area contributed by atoms with Gasteiger partial charge in [-0.25, -0.2) is 15.0 Å². The van der Waals surface area contributed by atoms with Crippen molar-refractivity contribution < 1.29 is 9.47 Å². The molecule has 9 aromatic rings. The van der Waals surface area contributed by atoms with Gasteiger partial charge >= 0.3 is 0 Å². The summed E-state index contributed by atoms with van der Waals surface area (Å²) in [5.74, 6) is 4.65. The number of rotatable bonds is 6. The molecule has 280 valence electrons. The van der Waals surface area contributed by atoms with Gasteiger partial charge in [0.2, 0.25) is 0 Å². The molecule has 0 fully saturated rings. The van der Waals surface area contributed by atoms with Crippen molar-refractivity contribution in [1.82, 2.24) is 15.0 Å². The van der Waals surface area contributed by atoms with E-state index in [-0.39, 0.29) is 5.41 Å². The van der Waals surface area contributed by atoms with E-state index < -0.39 is 0 Å². The summed E-state index contributed by atoms with van der Waals surface area (Å²) < 4.78 is 13.3. The van der Waals surface area contributed by atoms with Crippen LogP contribution in [0.1, 0.15) is 25.0 Å². The van der Waals surface area contributed by atoms with Gasteiger partial charge < -0.3 is 9.47 Å². The van der Waals surface area contributed by atoms with Crippen LogP contribution in [0, 0.1) is 0 Å². The Labute approximate surface area is 343 Å². The van der Waals surface area contributed by atoms with Crippen LogP contribution in [0.15, 0.2) is 188 Å². The van der Waals surface area contributed by atoms with Crippen molar-refractivity contribution in [3.63, 3.8) is 0 Å². The molecule has 11 rings (SSSR count). The Bertz CT molecular complexity index is 2980. The fourth-order valence-electron chi connectivity index (χ4n) is 8.54. The van der Waals surface area contributed by atoms with Crippen LogP contribution >= 0.6 is 0 Å². The van der Waals surface area contributed by atoms with Crippen LogP contribution < -0.4 is 9.47 Å². The highest BCUT2D eigenvalue weighted by Gasteiger charge is 2.39. The molecular weight excluding hydrogens is 723 g/mol. The molecule has 0 N–H and O–H groups in total. The Morgan fingerprint density at radius 2 is 0.797 bits per heavy atom. The molecule has 1 aliphatic carbocycles. The summed E-state index contributed by atoms with van der Waals surface area (Å²) >= 11 is 0. The fraction of sp³-hybridized carbons (Fsp3) is 0.0556. The molecule has 0 spiro atoms. The molecule has 0 radical (unpaired) electrons. The lowest BCUT2D eigenvalue weighted by Crippen LogP contribution is -2.15. The molecule has 0 saturated heterocycles. The van der Waals surface area contributed by atoms with Crippen molar-refractivity contribution in [1.29, 1.82) is 0 Å². The molecule has 8 aromatic carbocycles. The van der Waals surface area contributed by atoms with Crippen LogP contribution in [0.2, 0.25) is 0 Å². The zero-order chi connectivity index (χ0) is 39.5. The number of nitrogens with zero attached hydrogens (tertiary/aromatic N) is 3. The topological polar surface area (TPSA) is 57.1 Å². The summed E-state index contributed by atoms with van der Waals surface area (Å²) in [6.45, 7) is 4.55. The standard InChI is InChI=1S/C54H37N3O2/c1-54(2)44-25-10-9-24-43(44)49-45(54)27-29-47-50(49)59-48-33-39(26-28-46(48)58-47)38-20-13-23-42(32-38)53-56-51(40-21-11-18-36(30-40)34-14-5-3-6-15-34)55-52(57-53)41-22-12-19-37(31-41)35-16-7-4-8-17-35/h3-33H,1-2H3. The highest BCUT2D eigenvalue weighted by Crippen LogP contribution is 2.58. The molecule has 1 aliphatic heterocycles. The summed E-state index contributed by atoms with van der Waals surface area (Å²) in [7, 11) is 0. The van der Waals surface area contributed by atoms with Gasteiger partial charge in [0.05, 0.1) is 0 Å². The van der Waals surface area contributed by atoms with E-state index in [0.29, 0.717) is 29.0 Å². The van der Waals surface area contributed by atoms with Crippen LogP contribution in [0.5, 0.6) is 23.0 Å². The van der Waals surface area contributed by atoms with Gasteiger partial charge in [-0.1, -0.05) is 166 Å². The first kappa shape index (κ1) is 34.6. The quantitative estimate of drug-likeness (QED) is 0.169. The first-order valence-electron chi connectivity index (χ1n) is 19.9. The first-order valence-corrected chi connectivity index (χ1v) is 19.9. The Morgan fingerprint density at radius 1 is 0.339 bits per heavy atom. The molecule has 0 atom stereocenters. The predicted octanol–water partition coefficient (Wildman–Crippen LogP) is 14.1. The minimum absolute atomic E-state index is 0.142. The monoisotopic (exact) mass is 759 g/mol. The Hall–Kier alpha value is -7.63. The lowest BCUT2D eigenvalue weighted by Gasteiger charge is -2.25. The number of hydrogen-bond donors (Lipinski definition) is 0. The summed E-state index contributed by atoms with van der Waals surface area (Å²) in [6, 6.07) is 64.9. The molecular formula is C54H37N3O2. The predicted molar refractivity (Wildman–Crippen MR) is 237 cm³/mol. The number of benzene rings is 8. The molecule has 0 unspecified atom stereocenters. The maximum Gasteiger partial charge on any atom is 0.178 e. The normalized spacial score (nSPS) is 13.0. The Kier molecular flexibility index (Phi) is 8.09. The van der Waals surface area contributed by atoms with Crippen LogP contribution in [-0.2, 0) is 5.41 Å². The molecule has 1 aromatic heterocycles. The second kappa shape index (κ2) is 13.8. The van der Waals surface area contributed by atoms with Crippen LogP contribution in [0.25, 0.3) is 78.7 Å². The summed E-state index contributed by atoms with van der Waals surface area (Å²) in [5.41, 5.74) is 13.8. The van der Waals surface area contributed by atoms with E-state index in [0.717, 1.165) is 67.1 Å². The van der Waals surface area contributed by atoms with Crippen molar-refractivity contribution in [3.05, 3.63) is 199 Å². The summed E-state index contributed by atoms with van der Waals surface area (Å²) in [4.78, 5) is 15.4. The third kappa shape index (κ3) is 6.07.